The summed E-state index contributed by atoms with van der Waals surface area (Å²) in [6.07, 6.45) is 1.27. The third kappa shape index (κ3) is 3.80. The number of rotatable bonds is 3. The Morgan fingerprint density at radius 1 is 1.21 bits per heavy atom. The zero-order valence-corrected chi connectivity index (χ0v) is 12.1. The Kier molecular flexibility index (Phi) is 4.59. The molecule has 0 aromatic heterocycles. The summed E-state index contributed by atoms with van der Waals surface area (Å²) in [5.41, 5.74) is 0.873. The SMILES string of the molecule is C[C@H]1C[C@H](C)CN([C@@H](C)C(=O)Nc2ccccc2)C1. The molecule has 0 saturated carbocycles. The van der Waals surface area contributed by atoms with Crippen LogP contribution < -0.4 is 5.32 Å². The van der Waals surface area contributed by atoms with E-state index in [1.165, 1.54) is 6.42 Å². The van der Waals surface area contributed by atoms with Gasteiger partial charge in [-0.25, -0.2) is 0 Å². The van der Waals surface area contributed by atoms with Crippen LogP contribution in [0.3, 0.4) is 0 Å². The van der Waals surface area contributed by atoms with Crippen molar-refractivity contribution in [2.24, 2.45) is 11.8 Å². The number of likely N-dealkylation sites (tertiary alicyclic amines) is 1. The Morgan fingerprint density at radius 3 is 2.37 bits per heavy atom. The first-order valence-electron chi connectivity index (χ1n) is 7.16. The van der Waals surface area contributed by atoms with E-state index in [-0.39, 0.29) is 11.9 Å². The maximum absolute atomic E-state index is 12.3. The average molecular weight is 260 g/mol. The molecule has 2 rings (SSSR count). The molecule has 3 heteroatoms. The minimum absolute atomic E-state index is 0.0644. The molecule has 0 radical (unpaired) electrons. The van der Waals surface area contributed by atoms with E-state index in [0.29, 0.717) is 11.8 Å². The Morgan fingerprint density at radius 2 is 1.79 bits per heavy atom. The Balaban J connectivity index is 1.95. The van der Waals surface area contributed by atoms with Crippen molar-refractivity contribution in [1.29, 1.82) is 0 Å². The van der Waals surface area contributed by atoms with Gasteiger partial charge in [-0.1, -0.05) is 32.0 Å². The summed E-state index contributed by atoms with van der Waals surface area (Å²) in [4.78, 5) is 14.6. The maximum atomic E-state index is 12.3. The smallest absolute Gasteiger partial charge is 0.241 e. The lowest BCUT2D eigenvalue weighted by molar-refractivity contribution is -0.121. The summed E-state index contributed by atoms with van der Waals surface area (Å²) in [5.74, 6) is 1.44. The van der Waals surface area contributed by atoms with Crippen LogP contribution in [0.1, 0.15) is 27.2 Å². The maximum Gasteiger partial charge on any atom is 0.241 e. The number of benzene rings is 1. The fraction of sp³-hybridized carbons (Fsp3) is 0.562. The Bertz CT molecular complexity index is 408. The van der Waals surface area contributed by atoms with Crippen molar-refractivity contribution in [3.8, 4) is 0 Å². The summed E-state index contributed by atoms with van der Waals surface area (Å²) in [6, 6.07) is 9.60. The number of piperidine rings is 1. The number of nitrogens with one attached hydrogen (secondary N) is 1. The molecule has 0 spiro atoms. The second-order valence-electron chi connectivity index (χ2n) is 5.93. The fourth-order valence-electron chi connectivity index (χ4n) is 2.96. The lowest BCUT2D eigenvalue weighted by atomic mass is 9.91. The highest BCUT2D eigenvalue weighted by molar-refractivity contribution is 5.94. The number of amides is 1. The molecular weight excluding hydrogens is 236 g/mol. The highest BCUT2D eigenvalue weighted by Crippen LogP contribution is 2.23. The van der Waals surface area contributed by atoms with Crippen LogP contribution in [-0.4, -0.2) is 29.9 Å². The van der Waals surface area contributed by atoms with Gasteiger partial charge in [-0.05, 0) is 37.3 Å². The van der Waals surface area contributed by atoms with Crippen LogP contribution in [0.15, 0.2) is 30.3 Å². The highest BCUT2D eigenvalue weighted by atomic mass is 16.2. The molecule has 0 aliphatic carbocycles. The van der Waals surface area contributed by atoms with Crippen molar-refractivity contribution in [3.63, 3.8) is 0 Å². The van der Waals surface area contributed by atoms with Gasteiger partial charge in [0.15, 0.2) is 0 Å². The standard InChI is InChI=1S/C16H24N2O/c1-12-9-13(2)11-18(10-12)14(3)16(19)17-15-7-5-4-6-8-15/h4-8,12-14H,9-11H2,1-3H3,(H,17,19)/t12-,13-,14-/m0/s1. The van der Waals surface area contributed by atoms with Crippen LogP contribution in [-0.2, 0) is 4.79 Å². The third-order valence-corrected chi connectivity index (χ3v) is 3.87. The molecule has 1 aliphatic heterocycles. The van der Waals surface area contributed by atoms with Crippen LogP contribution in [0, 0.1) is 11.8 Å². The summed E-state index contributed by atoms with van der Waals surface area (Å²) >= 11 is 0. The van der Waals surface area contributed by atoms with Gasteiger partial charge in [-0.15, -0.1) is 0 Å². The predicted molar refractivity (Wildman–Crippen MR) is 79.1 cm³/mol. The molecule has 1 aliphatic rings. The monoisotopic (exact) mass is 260 g/mol. The van der Waals surface area contributed by atoms with Crippen molar-refractivity contribution in [3.05, 3.63) is 30.3 Å². The lowest BCUT2D eigenvalue weighted by Crippen LogP contribution is -2.48. The van der Waals surface area contributed by atoms with Gasteiger partial charge in [0.2, 0.25) is 5.91 Å². The van der Waals surface area contributed by atoms with E-state index >= 15 is 0 Å². The van der Waals surface area contributed by atoms with Crippen molar-refractivity contribution in [1.82, 2.24) is 4.90 Å². The molecule has 0 unspecified atom stereocenters. The van der Waals surface area contributed by atoms with E-state index < -0.39 is 0 Å². The third-order valence-electron chi connectivity index (χ3n) is 3.87. The molecule has 1 aromatic rings. The van der Waals surface area contributed by atoms with E-state index in [9.17, 15) is 4.79 Å². The lowest BCUT2D eigenvalue weighted by Gasteiger charge is -2.38. The number of carbonyl (C=O) groups is 1. The Hall–Kier alpha value is -1.35. The van der Waals surface area contributed by atoms with Crippen LogP contribution in [0.4, 0.5) is 5.69 Å². The quantitative estimate of drug-likeness (QED) is 0.906. The van der Waals surface area contributed by atoms with Crippen molar-refractivity contribution >= 4 is 11.6 Å². The molecule has 1 heterocycles. The normalized spacial score (nSPS) is 25.8. The minimum Gasteiger partial charge on any atom is -0.325 e. The van der Waals surface area contributed by atoms with Gasteiger partial charge in [0.1, 0.15) is 0 Å². The molecule has 104 valence electrons. The van der Waals surface area contributed by atoms with Gasteiger partial charge in [0.25, 0.3) is 0 Å². The van der Waals surface area contributed by atoms with E-state index in [4.69, 9.17) is 0 Å². The summed E-state index contributed by atoms with van der Waals surface area (Å²) in [7, 11) is 0. The highest BCUT2D eigenvalue weighted by Gasteiger charge is 2.28. The predicted octanol–water partition coefficient (Wildman–Crippen LogP) is 2.99. The summed E-state index contributed by atoms with van der Waals surface area (Å²) in [5, 5.41) is 2.99. The second-order valence-corrected chi connectivity index (χ2v) is 5.93. The van der Waals surface area contributed by atoms with E-state index in [1.807, 2.05) is 37.3 Å². The van der Waals surface area contributed by atoms with Crippen LogP contribution in [0.25, 0.3) is 0 Å². The number of hydrogen-bond acceptors (Lipinski definition) is 2. The first-order valence-corrected chi connectivity index (χ1v) is 7.16. The molecule has 1 fully saturated rings. The molecule has 1 aromatic carbocycles. The molecule has 0 bridgehead atoms. The van der Waals surface area contributed by atoms with Gasteiger partial charge in [-0.3, -0.25) is 9.69 Å². The Labute approximate surface area is 116 Å². The van der Waals surface area contributed by atoms with Gasteiger partial charge in [0, 0.05) is 18.8 Å². The van der Waals surface area contributed by atoms with Gasteiger partial charge >= 0.3 is 0 Å². The summed E-state index contributed by atoms with van der Waals surface area (Å²) in [6.45, 7) is 8.58. The number of hydrogen-bond donors (Lipinski definition) is 1. The minimum atomic E-state index is -0.0644. The average Bonchev–Trinajstić information content (AvgIpc) is 2.37. The van der Waals surface area contributed by atoms with E-state index in [0.717, 1.165) is 18.8 Å². The van der Waals surface area contributed by atoms with Crippen LogP contribution in [0.2, 0.25) is 0 Å². The first kappa shape index (κ1) is 14.1. The second kappa shape index (κ2) is 6.20. The largest absolute Gasteiger partial charge is 0.325 e. The zero-order valence-electron chi connectivity index (χ0n) is 12.1. The van der Waals surface area contributed by atoms with Gasteiger partial charge in [-0.2, -0.15) is 0 Å². The van der Waals surface area contributed by atoms with Crippen LogP contribution >= 0.6 is 0 Å². The molecule has 1 amide bonds. The van der Waals surface area contributed by atoms with Crippen molar-refractivity contribution in [2.45, 2.75) is 33.2 Å². The molecule has 1 saturated heterocycles. The molecule has 3 atom stereocenters. The first-order chi connectivity index (χ1) is 9.06. The van der Waals surface area contributed by atoms with Crippen molar-refractivity contribution in [2.75, 3.05) is 18.4 Å². The van der Waals surface area contributed by atoms with E-state index in [1.54, 1.807) is 0 Å². The van der Waals surface area contributed by atoms with Crippen LogP contribution in [0.5, 0.6) is 0 Å². The summed E-state index contributed by atoms with van der Waals surface area (Å²) < 4.78 is 0. The number of nitrogens with zero attached hydrogens (tertiary/aromatic N) is 1. The van der Waals surface area contributed by atoms with E-state index in [2.05, 4.69) is 24.1 Å². The topological polar surface area (TPSA) is 32.3 Å². The zero-order chi connectivity index (χ0) is 13.8. The molecular formula is C16H24N2O. The molecule has 1 N–H and O–H groups in total. The molecule has 19 heavy (non-hydrogen) atoms. The fourth-order valence-corrected chi connectivity index (χ4v) is 2.96. The number of anilines is 1. The number of carbonyl (C=O) groups excluding carboxylic acids is 1. The molecule has 3 nitrogen and oxygen atoms in total. The van der Waals surface area contributed by atoms with Crippen molar-refractivity contribution < 1.29 is 4.79 Å². The number of para-hydroxylation sites is 1. The van der Waals surface area contributed by atoms with Gasteiger partial charge < -0.3 is 5.32 Å². The van der Waals surface area contributed by atoms with Gasteiger partial charge in [0.05, 0.1) is 6.04 Å².